The zero-order valence-corrected chi connectivity index (χ0v) is 14.9. The number of carbonyl (C=O) groups excluding carboxylic acids is 1. The van der Waals surface area contributed by atoms with Crippen molar-refractivity contribution >= 4 is 12.1 Å². The molecule has 3 rings (SSSR count). The van der Waals surface area contributed by atoms with Crippen LogP contribution in [0.5, 0.6) is 11.5 Å². The standard InChI is InChI=1S/C22H19NO5/c24-21(25)20(23-22(26)27-15-16-8-3-1-4-9-16)17-10-7-13-19(14-17)28-18-11-5-2-6-12-18/h1-14,20H,15H2,(H,23,26)(H,24,25). The van der Waals surface area contributed by atoms with Crippen molar-refractivity contribution in [1.82, 2.24) is 5.32 Å². The fraction of sp³-hybridized carbons (Fsp3) is 0.0909. The first-order valence-corrected chi connectivity index (χ1v) is 8.65. The summed E-state index contributed by atoms with van der Waals surface area (Å²) in [5.74, 6) is -0.107. The molecule has 3 aromatic carbocycles. The number of ether oxygens (including phenoxy) is 2. The number of amides is 1. The summed E-state index contributed by atoms with van der Waals surface area (Å²) >= 11 is 0. The number of aliphatic carboxylic acids is 1. The first-order valence-electron chi connectivity index (χ1n) is 8.65. The van der Waals surface area contributed by atoms with Crippen molar-refractivity contribution in [1.29, 1.82) is 0 Å². The van der Waals surface area contributed by atoms with Crippen molar-refractivity contribution in [3.05, 3.63) is 96.1 Å². The molecule has 28 heavy (non-hydrogen) atoms. The topological polar surface area (TPSA) is 84.9 Å². The normalized spacial score (nSPS) is 11.3. The van der Waals surface area contributed by atoms with Crippen LogP contribution < -0.4 is 10.1 Å². The molecule has 0 aliphatic heterocycles. The summed E-state index contributed by atoms with van der Waals surface area (Å²) in [5, 5.41) is 11.9. The Labute approximate surface area is 162 Å². The number of hydrogen-bond acceptors (Lipinski definition) is 4. The van der Waals surface area contributed by atoms with Gasteiger partial charge in [0.2, 0.25) is 0 Å². The van der Waals surface area contributed by atoms with Gasteiger partial charge in [0.15, 0.2) is 6.04 Å². The van der Waals surface area contributed by atoms with Crippen LogP contribution in [-0.4, -0.2) is 17.2 Å². The van der Waals surface area contributed by atoms with Crippen LogP contribution in [0, 0.1) is 0 Å². The van der Waals surface area contributed by atoms with Crippen molar-refractivity contribution in [3.63, 3.8) is 0 Å². The SMILES string of the molecule is O=C(NC(C(=O)O)c1cccc(Oc2ccccc2)c1)OCc1ccccc1. The summed E-state index contributed by atoms with van der Waals surface area (Å²) in [6.07, 6.45) is -0.814. The summed E-state index contributed by atoms with van der Waals surface area (Å²) in [4.78, 5) is 23.7. The highest BCUT2D eigenvalue weighted by Crippen LogP contribution is 2.24. The van der Waals surface area contributed by atoms with E-state index in [1.807, 2.05) is 48.5 Å². The molecule has 3 aromatic rings. The van der Waals surface area contributed by atoms with E-state index in [2.05, 4.69) is 5.32 Å². The van der Waals surface area contributed by atoms with Gasteiger partial charge in [0.25, 0.3) is 0 Å². The third-order valence-corrected chi connectivity index (χ3v) is 3.89. The van der Waals surface area contributed by atoms with E-state index in [9.17, 15) is 14.7 Å². The number of nitrogens with one attached hydrogen (secondary N) is 1. The molecular formula is C22H19NO5. The lowest BCUT2D eigenvalue weighted by Gasteiger charge is -2.16. The molecule has 1 unspecified atom stereocenters. The van der Waals surface area contributed by atoms with Crippen LogP contribution in [0.3, 0.4) is 0 Å². The molecule has 1 atom stereocenters. The van der Waals surface area contributed by atoms with Crippen LogP contribution in [-0.2, 0) is 16.1 Å². The summed E-state index contributed by atoms with van der Waals surface area (Å²) in [6.45, 7) is 0.0518. The van der Waals surface area contributed by atoms with Gasteiger partial charge in [-0.3, -0.25) is 0 Å². The minimum absolute atomic E-state index is 0.0518. The molecule has 0 heterocycles. The van der Waals surface area contributed by atoms with Crippen LogP contribution in [0.2, 0.25) is 0 Å². The molecule has 0 aromatic heterocycles. The van der Waals surface area contributed by atoms with Crippen LogP contribution in [0.4, 0.5) is 4.79 Å². The number of carboxylic acid groups (broad SMARTS) is 1. The lowest BCUT2D eigenvalue weighted by molar-refractivity contribution is -0.139. The Morgan fingerprint density at radius 3 is 2.18 bits per heavy atom. The molecule has 6 nitrogen and oxygen atoms in total. The third-order valence-electron chi connectivity index (χ3n) is 3.89. The lowest BCUT2D eigenvalue weighted by Crippen LogP contribution is -2.34. The largest absolute Gasteiger partial charge is 0.479 e. The van der Waals surface area contributed by atoms with E-state index in [-0.39, 0.29) is 6.61 Å². The minimum atomic E-state index is -1.26. The molecule has 142 valence electrons. The molecular weight excluding hydrogens is 358 g/mol. The monoisotopic (exact) mass is 377 g/mol. The Kier molecular flexibility index (Phi) is 6.25. The molecule has 0 radical (unpaired) electrons. The molecule has 0 bridgehead atoms. The highest BCUT2D eigenvalue weighted by Gasteiger charge is 2.23. The van der Waals surface area contributed by atoms with Crippen LogP contribution in [0.1, 0.15) is 17.2 Å². The van der Waals surface area contributed by atoms with E-state index in [4.69, 9.17) is 9.47 Å². The average Bonchev–Trinajstić information content (AvgIpc) is 2.72. The third kappa shape index (κ3) is 5.35. The van der Waals surface area contributed by atoms with E-state index in [0.717, 1.165) is 5.56 Å². The predicted octanol–water partition coefficient (Wildman–Crippen LogP) is 4.53. The fourth-order valence-electron chi connectivity index (χ4n) is 2.55. The molecule has 6 heteroatoms. The molecule has 0 saturated heterocycles. The second-order valence-electron chi connectivity index (χ2n) is 5.96. The lowest BCUT2D eigenvalue weighted by atomic mass is 10.1. The van der Waals surface area contributed by atoms with E-state index in [1.54, 1.807) is 36.4 Å². The Morgan fingerprint density at radius 1 is 0.857 bits per heavy atom. The van der Waals surface area contributed by atoms with Crippen molar-refractivity contribution in [2.45, 2.75) is 12.6 Å². The molecule has 0 aliphatic carbocycles. The smallest absolute Gasteiger partial charge is 0.408 e. The van der Waals surface area contributed by atoms with Crippen molar-refractivity contribution < 1.29 is 24.2 Å². The number of carbonyl (C=O) groups is 2. The number of carboxylic acids is 1. The highest BCUT2D eigenvalue weighted by molar-refractivity contribution is 5.81. The number of para-hydroxylation sites is 1. The first-order chi connectivity index (χ1) is 13.6. The van der Waals surface area contributed by atoms with Gasteiger partial charge in [-0.25, -0.2) is 9.59 Å². The zero-order chi connectivity index (χ0) is 19.8. The van der Waals surface area contributed by atoms with Gasteiger partial charge in [-0.1, -0.05) is 60.7 Å². The first kappa shape index (κ1) is 19.0. The van der Waals surface area contributed by atoms with Gasteiger partial charge in [-0.2, -0.15) is 0 Å². The Hall–Kier alpha value is -3.80. The Morgan fingerprint density at radius 2 is 1.50 bits per heavy atom. The van der Waals surface area contributed by atoms with E-state index >= 15 is 0 Å². The van der Waals surface area contributed by atoms with Crippen LogP contribution >= 0.6 is 0 Å². The fourth-order valence-corrected chi connectivity index (χ4v) is 2.55. The van der Waals surface area contributed by atoms with Gasteiger partial charge in [0.05, 0.1) is 0 Å². The predicted molar refractivity (Wildman–Crippen MR) is 103 cm³/mol. The maximum absolute atomic E-state index is 12.1. The maximum Gasteiger partial charge on any atom is 0.408 e. The number of rotatable bonds is 7. The maximum atomic E-state index is 12.1. The summed E-state index contributed by atoms with van der Waals surface area (Å²) < 4.78 is 10.8. The van der Waals surface area contributed by atoms with E-state index in [0.29, 0.717) is 17.1 Å². The van der Waals surface area contributed by atoms with Crippen molar-refractivity contribution in [3.8, 4) is 11.5 Å². The average molecular weight is 377 g/mol. The zero-order valence-electron chi connectivity index (χ0n) is 14.9. The number of benzene rings is 3. The highest BCUT2D eigenvalue weighted by atomic mass is 16.5. The van der Waals surface area contributed by atoms with E-state index < -0.39 is 18.1 Å². The summed E-state index contributed by atoms with van der Waals surface area (Å²) in [5.41, 5.74) is 1.18. The second-order valence-corrected chi connectivity index (χ2v) is 5.96. The van der Waals surface area contributed by atoms with Gasteiger partial charge in [0, 0.05) is 0 Å². The molecule has 0 spiro atoms. The van der Waals surface area contributed by atoms with Gasteiger partial charge in [-0.15, -0.1) is 0 Å². The molecule has 0 saturated carbocycles. The Balaban J connectivity index is 1.67. The Bertz CT molecular complexity index is 928. The summed E-state index contributed by atoms with van der Waals surface area (Å²) in [7, 11) is 0. The van der Waals surface area contributed by atoms with Crippen LogP contribution in [0.15, 0.2) is 84.9 Å². The minimum Gasteiger partial charge on any atom is -0.479 e. The van der Waals surface area contributed by atoms with E-state index in [1.165, 1.54) is 0 Å². The number of alkyl carbamates (subject to hydrolysis) is 1. The van der Waals surface area contributed by atoms with Gasteiger partial charge < -0.3 is 19.9 Å². The molecule has 0 fully saturated rings. The molecule has 0 aliphatic rings. The van der Waals surface area contributed by atoms with Gasteiger partial charge in [-0.05, 0) is 35.4 Å². The van der Waals surface area contributed by atoms with Gasteiger partial charge >= 0.3 is 12.1 Å². The quantitative estimate of drug-likeness (QED) is 0.632. The molecule has 1 amide bonds. The second kappa shape index (κ2) is 9.23. The van der Waals surface area contributed by atoms with Crippen molar-refractivity contribution in [2.75, 3.05) is 0 Å². The number of hydrogen-bond donors (Lipinski definition) is 2. The molecule has 2 N–H and O–H groups in total. The van der Waals surface area contributed by atoms with Crippen molar-refractivity contribution in [2.24, 2.45) is 0 Å². The van der Waals surface area contributed by atoms with Gasteiger partial charge in [0.1, 0.15) is 18.1 Å². The summed E-state index contributed by atoms with van der Waals surface area (Å²) in [6, 6.07) is 23.6. The van der Waals surface area contributed by atoms with Crippen LogP contribution in [0.25, 0.3) is 0 Å².